The third kappa shape index (κ3) is 1.61. The molecule has 3 rings (SSSR count). The number of hydrogen-bond donors (Lipinski definition) is 1. The number of halogens is 3. The fraction of sp³-hybridized carbons (Fsp3) is 0. The van der Waals surface area contributed by atoms with E-state index in [0.29, 0.717) is 0 Å². The summed E-state index contributed by atoms with van der Waals surface area (Å²) in [5, 5.41) is -0.0882. The van der Waals surface area contributed by atoms with Crippen LogP contribution in [0.15, 0.2) is 24.3 Å². The van der Waals surface area contributed by atoms with E-state index in [-0.39, 0.29) is 54.6 Å². The molecule has 0 aliphatic heterocycles. The van der Waals surface area contributed by atoms with Gasteiger partial charge >= 0.3 is 0 Å². The maximum atomic E-state index is 12.5. The quantitative estimate of drug-likeness (QED) is 0.501. The van der Waals surface area contributed by atoms with Gasteiger partial charge in [0.25, 0.3) is 0 Å². The number of rotatable bonds is 0. The Balaban J connectivity index is 2.46. The molecule has 100 valence electrons. The molecule has 1 aliphatic rings. The van der Waals surface area contributed by atoms with E-state index in [0.717, 1.165) is 0 Å². The predicted octanol–water partition coefficient (Wildman–Crippen LogP) is 4.00. The van der Waals surface area contributed by atoms with Gasteiger partial charge in [-0.2, -0.15) is 0 Å². The standard InChI is InChI=1S/C14H6Cl3NO2/c15-9-7-8(12(18)11(17)10(9)16)14(20)6-4-2-1-3-5(6)13(7)19/h1-4H,18H2. The molecule has 0 heterocycles. The van der Waals surface area contributed by atoms with E-state index < -0.39 is 0 Å². The monoisotopic (exact) mass is 325 g/mol. The average molecular weight is 327 g/mol. The molecule has 0 amide bonds. The lowest BCUT2D eigenvalue weighted by Gasteiger charge is -2.21. The van der Waals surface area contributed by atoms with Crippen molar-refractivity contribution in [1.82, 2.24) is 0 Å². The molecule has 2 aromatic carbocycles. The fourth-order valence-corrected chi connectivity index (χ4v) is 2.98. The summed E-state index contributed by atoms with van der Waals surface area (Å²) in [6.07, 6.45) is 0. The summed E-state index contributed by atoms with van der Waals surface area (Å²) in [6.45, 7) is 0. The van der Waals surface area contributed by atoms with Gasteiger partial charge in [0, 0.05) is 11.1 Å². The third-order valence-electron chi connectivity index (χ3n) is 3.23. The molecule has 0 bridgehead atoms. The third-order valence-corrected chi connectivity index (χ3v) is 4.57. The smallest absolute Gasteiger partial charge is 0.196 e. The van der Waals surface area contributed by atoms with E-state index in [2.05, 4.69) is 0 Å². The highest BCUT2D eigenvalue weighted by molar-refractivity contribution is 6.52. The van der Waals surface area contributed by atoms with Gasteiger partial charge in [-0.15, -0.1) is 0 Å². The zero-order valence-electron chi connectivity index (χ0n) is 9.84. The van der Waals surface area contributed by atoms with Crippen LogP contribution in [0.4, 0.5) is 5.69 Å². The number of carbonyl (C=O) groups excluding carboxylic acids is 2. The van der Waals surface area contributed by atoms with Crippen LogP contribution in [0.2, 0.25) is 15.1 Å². The minimum atomic E-state index is -0.384. The summed E-state index contributed by atoms with van der Waals surface area (Å²) in [7, 11) is 0. The topological polar surface area (TPSA) is 60.2 Å². The zero-order chi connectivity index (χ0) is 14.6. The normalized spacial score (nSPS) is 13.2. The fourth-order valence-electron chi connectivity index (χ4n) is 2.28. The number of carbonyl (C=O) groups is 2. The molecule has 0 saturated heterocycles. The summed E-state index contributed by atoms with van der Waals surface area (Å²) in [5.41, 5.74) is 6.41. The second kappa shape index (κ2) is 4.48. The highest BCUT2D eigenvalue weighted by Crippen LogP contribution is 2.44. The van der Waals surface area contributed by atoms with Crippen molar-refractivity contribution in [2.75, 3.05) is 5.73 Å². The van der Waals surface area contributed by atoms with Crippen LogP contribution in [0.3, 0.4) is 0 Å². The first kappa shape index (κ1) is 13.4. The SMILES string of the molecule is Nc1c(Cl)c(Cl)c(Cl)c2c1C(=O)c1ccccc1C2=O. The van der Waals surface area contributed by atoms with Crippen molar-refractivity contribution in [3.8, 4) is 0 Å². The predicted molar refractivity (Wildman–Crippen MR) is 79.2 cm³/mol. The summed E-state index contributed by atoms with van der Waals surface area (Å²) >= 11 is 18.0. The summed E-state index contributed by atoms with van der Waals surface area (Å²) in [6, 6.07) is 6.47. The maximum absolute atomic E-state index is 12.5. The number of anilines is 1. The van der Waals surface area contributed by atoms with Crippen molar-refractivity contribution in [2.45, 2.75) is 0 Å². The van der Waals surface area contributed by atoms with E-state index in [4.69, 9.17) is 40.5 Å². The average Bonchev–Trinajstić information content (AvgIpc) is 2.46. The van der Waals surface area contributed by atoms with Crippen LogP contribution >= 0.6 is 34.8 Å². The molecule has 1 aliphatic carbocycles. The molecule has 0 radical (unpaired) electrons. The first-order chi connectivity index (χ1) is 9.45. The van der Waals surface area contributed by atoms with Gasteiger partial charge in [-0.25, -0.2) is 0 Å². The van der Waals surface area contributed by atoms with E-state index in [9.17, 15) is 9.59 Å². The Labute approximate surface area is 129 Å². The molecule has 2 N–H and O–H groups in total. The van der Waals surface area contributed by atoms with Gasteiger partial charge in [0.2, 0.25) is 0 Å². The number of nitrogen functional groups attached to an aromatic ring is 1. The Hall–Kier alpha value is -1.55. The van der Waals surface area contributed by atoms with E-state index >= 15 is 0 Å². The first-order valence-electron chi connectivity index (χ1n) is 5.59. The molecule has 0 saturated carbocycles. The van der Waals surface area contributed by atoms with Crippen molar-refractivity contribution in [2.24, 2.45) is 0 Å². The number of nitrogens with two attached hydrogens (primary N) is 1. The van der Waals surface area contributed by atoms with Gasteiger partial charge in [0.1, 0.15) is 0 Å². The zero-order valence-corrected chi connectivity index (χ0v) is 12.1. The molecule has 0 aromatic heterocycles. The number of ketones is 2. The van der Waals surface area contributed by atoms with Gasteiger partial charge in [0.15, 0.2) is 11.6 Å². The van der Waals surface area contributed by atoms with Gasteiger partial charge in [-0.05, 0) is 0 Å². The van der Waals surface area contributed by atoms with Crippen molar-refractivity contribution >= 4 is 52.1 Å². The van der Waals surface area contributed by atoms with Crippen molar-refractivity contribution in [3.63, 3.8) is 0 Å². The van der Waals surface area contributed by atoms with Crippen molar-refractivity contribution < 1.29 is 9.59 Å². The molecule has 0 fully saturated rings. The lowest BCUT2D eigenvalue weighted by Crippen LogP contribution is -2.23. The van der Waals surface area contributed by atoms with Gasteiger partial charge in [-0.1, -0.05) is 59.1 Å². The van der Waals surface area contributed by atoms with Gasteiger partial charge in [-0.3, -0.25) is 9.59 Å². The van der Waals surface area contributed by atoms with Crippen LogP contribution < -0.4 is 5.73 Å². The van der Waals surface area contributed by atoms with Crippen LogP contribution in [-0.4, -0.2) is 11.6 Å². The number of hydrogen-bond acceptors (Lipinski definition) is 3. The Morgan fingerprint density at radius 1 is 0.750 bits per heavy atom. The highest BCUT2D eigenvalue weighted by atomic mass is 35.5. The largest absolute Gasteiger partial charge is 0.397 e. The van der Waals surface area contributed by atoms with Crippen LogP contribution in [0.5, 0.6) is 0 Å². The Morgan fingerprint density at radius 3 is 1.80 bits per heavy atom. The minimum absolute atomic E-state index is 0.0160. The molecule has 3 nitrogen and oxygen atoms in total. The first-order valence-corrected chi connectivity index (χ1v) is 6.73. The molecular formula is C14H6Cl3NO2. The molecule has 0 spiro atoms. The Morgan fingerprint density at radius 2 is 1.25 bits per heavy atom. The molecular weight excluding hydrogens is 321 g/mol. The molecule has 6 heteroatoms. The van der Waals surface area contributed by atoms with Crippen LogP contribution in [0.25, 0.3) is 0 Å². The van der Waals surface area contributed by atoms with Gasteiger partial charge in [0.05, 0.1) is 31.9 Å². The van der Waals surface area contributed by atoms with E-state index in [1.165, 1.54) is 0 Å². The van der Waals surface area contributed by atoms with E-state index in [1.807, 2.05) is 0 Å². The lowest BCUT2D eigenvalue weighted by atomic mass is 9.83. The molecule has 0 atom stereocenters. The van der Waals surface area contributed by atoms with Crippen LogP contribution in [-0.2, 0) is 0 Å². The Kier molecular flexibility index (Phi) is 3.01. The highest BCUT2D eigenvalue weighted by Gasteiger charge is 2.35. The molecule has 20 heavy (non-hydrogen) atoms. The summed E-state index contributed by atoms with van der Waals surface area (Å²) < 4.78 is 0. The summed E-state index contributed by atoms with van der Waals surface area (Å²) in [5.74, 6) is -0.765. The van der Waals surface area contributed by atoms with Crippen molar-refractivity contribution in [3.05, 3.63) is 61.6 Å². The van der Waals surface area contributed by atoms with E-state index in [1.54, 1.807) is 24.3 Å². The maximum Gasteiger partial charge on any atom is 0.196 e. The van der Waals surface area contributed by atoms with Crippen molar-refractivity contribution in [1.29, 1.82) is 0 Å². The minimum Gasteiger partial charge on any atom is -0.397 e. The Bertz CT molecular complexity index is 733. The second-order valence-electron chi connectivity index (χ2n) is 4.31. The molecule has 2 aromatic rings. The number of benzene rings is 2. The van der Waals surface area contributed by atoms with Crippen LogP contribution in [0.1, 0.15) is 31.8 Å². The second-order valence-corrected chi connectivity index (χ2v) is 5.44. The molecule has 0 unspecified atom stereocenters. The van der Waals surface area contributed by atoms with Gasteiger partial charge < -0.3 is 5.73 Å². The lowest BCUT2D eigenvalue weighted by molar-refractivity contribution is 0.0980. The summed E-state index contributed by atoms with van der Waals surface area (Å²) in [4.78, 5) is 25.0. The van der Waals surface area contributed by atoms with Crippen LogP contribution in [0, 0.1) is 0 Å². The number of fused-ring (bicyclic) bond motifs is 2.